The van der Waals surface area contributed by atoms with Crippen LogP contribution in [0.5, 0.6) is 0 Å². The molecule has 0 spiro atoms. The molecule has 1 rings (SSSR count). The molecular formula is C10H13FN2S. The van der Waals surface area contributed by atoms with Crippen molar-refractivity contribution in [2.45, 2.75) is 19.9 Å². The third kappa shape index (κ3) is 3.70. The van der Waals surface area contributed by atoms with E-state index >= 15 is 0 Å². The van der Waals surface area contributed by atoms with Crippen LogP contribution in [0.4, 0.5) is 10.1 Å². The normalized spacial score (nSPS) is 10.0. The number of anilines is 1. The molecule has 76 valence electrons. The molecule has 0 aliphatic rings. The van der Waals surface area contributed by atoms with Gasteiger partial charge in [-0.1, -0.05) is 0 Å². The highest BCUT2D eigenvalue weighted by Gasteiger charge is 1.98. The summed E-state index contributed by atoms with van der Waals surface area (Å²) in [6.07, 6.45) is 0. The highest BCUT2D eigenvalue weighted by Crippen LogP contribution is 2.07. The lowest BCUT2D eigenvalue weighted by Crippen LogP contribution is -2.33. The molecule has 0 atom stereocenters. The zero-order valence-electron chi connectivity index (χ0n) is 8.17. The van der Waals surface area contributed by atoms with E-state index in [1.165, 1.54) is 12.1 Å². The summed E-state index contributed by atoms with van der Waals surface area (Å²) in [5.41, 5.74) is 0.782. The van der Waals surface area contributed by atoms with Gasteiger partial charge in [-0.25, -0.2) is 4.39 Å². The van der Waals surface area contributed by atoms with Gasteiger partial charge in [0.25, 0.3) is 0 Å². The van der Waals surface area contributed by atoms with Gasteiger partial charge >= 0.3 is 0 Å². The minimum atomic E-state index is -0.252. The largest absolute Gasteiger partial charge is 0.360 e. The van der Waals surface area contributed by atoms with Crippen LogP contribution in [-0.4, -0.2) is 11.2 Å². The highest BCUT2D eigenvalue weighted by atomic mass is 32.1. The van der Waals surface area contributed by atoms with E-state index in [4.69, 9.17) is 12.2 Å². The van der Waals surface area contributed by atoms with Gasteiger partial charge in [-0.3, -0.25) is 0 Å². The minimum absolute atomic E-state index is 0.252. The quantitative estimate of drug-likeness (QED) is 0.737. The van der Waals surface area contributed by atoms with Gasteiger partial charge in [-0.05, 0) is 50.3 Å². The third-order valence-corrected chi connectivity index (χ3v) is 1.74. The summed E-state index contributed by atoms with van der Waals surface area (Å²) in [6.45, 7) is 4.00. The number of hydrogen-bond acceptors (Lipinski definition) is 1. The summed E-state index contributed by atoms with van der Waals surface area (Å²) in [4.78, 5) is 0. The first-order chi connectivity index (χ1) is 6.58. The van der Waals surface area contributed by atoms with Crippen LogP contribution in [0.3, 0.4) is 0 Å². The van der Waals surface area contributed by atoms with Crippen LogP contribution in [0.15, 0.2) is 24.3 Å². The van der Waals surface area contributed by atoms with Gasteiger partial charge < -0.3 is 10.6 Å². The van der Waals surface area contributed by atoms with E-state index in [-0.39, 0.29) is 11.9 Å². The molecule has 14 heavy (non-hydrogen) atoms. The zero-order chi connectivity index (χ0) is 10.6. The lowest BCUT2D eigenvalue weighted by atomic mass is 10.3. The average Bonchev–Trinajstić information content (AvgIpc) is 2.07. The van der Waals surface area contributed by atoms with Crippen molar-refractivity contribution in [3.05, 3.63) is 30.1 Å². The van der Waals surface area contributed by atoms with Crippen molar-refractivity contribution >= 4 is 23.0 Å². The predicted octanol–water partition coefficient (Wildman–Crippen LogP) is 2.52. The second kappa shape index (κ2) is 4.91. The van der Waals surface area contributed by atoms with Crippen LogP contribution in [0.1, 0.15) is 13.8 Å². The Hall–Kier alpha value is -1.16. The molecule has 2 nitrogen and oxygen atoms in total. The molecule has 0 saturated heterocycles. The van der Waals surface area contributed by atoms with Gasteiger partial charge in [-0.2, -0.15) is 0 Å². The van der Waals surface area contributed by atoms with Crippen molar-refractivity contribution in [1.29, 1.82) is 0 Å². The van der Waals surface area contributed by atoms with Crippen LogP contribution >= 0.6 is 12.2 Å². The first kappa shape index (κ1) is 10.9. The molecule has 0 fully saturated rings. The number of nitrogens with one attached hydrogen (secondary N) is 2. The molecule has 1 aromatic rings. The molecule has 0 amide bonds. The lowest BCUT2D eigenvalue weighted by molar-refractivity contribution is 0.628. The first-order valence-corrected chi connectivity index (χ1v) is 4.82. The molecule has 0 saturated carbocycles. The number of rotatable bonds is 2. The molecule has 1 aromatic carbocycles. The van der Waals surface area contributed by atoms with Gasteiger partial charge in [0.1, 0.15) is 5.82 Å². The monoisotopic (exact) mass is 212 g/mol. The van der Waals surface area contributed by atoms with Crippen molar-refractivity contribution in [3.8, 4) is 0 Å². The Bertz CT molecular complexity index is 308. The van der Waals surface area contributed by atoms with Crippen LogP contribution in [0.25, 0.3) is 0 Å². The average molecular weight is 212 g/mol. The van der Waals surface area contributed by atoms with Gasteiger partial charge in [0.15, 0.2) is 5.11 Å². The molecular weight excluding hydrogens is 199 g/mol. The van der Waals surface area contributed by atoms with E-state index in [2.05, 4.69) is 10.6 Å². The predicted molar refractivity (Wildman–Crippen MR) is 60.9 cm³/mol. The fourth-order valence-electron chi connectivity index (χ4n) is 0.963. The molecule has 0 unspecified atom stereocenters. The van der Waals surface area contributed by atoms with E-state index in [0.29, 0.717) is 5.11 Å². The number of benzene rings is 1. The van der Waals surface area contributed by atoms with Crippen molar-refractivity contribution < 1.29 is 4.39 Å². The SMILES string of the molecule is CC(C)NC(=S)Nc1ccc(F)cc1. The molecule has 0 aliphatic carbocycles. The molecule has 0 radical (unpaired) electrons. The Morgan fingerprint density at radius 1 is 1.29 bits per heavy atom. The smallest absolute Gasteiger partial charge is 0.170 e. The van der Waals surface area contributed by atoms with E-state index in [1.807, 2.05) is 13.8 Å². The second-order valence-electron chi connectivity index (χ2n) is 3.26. The maximum atomic E-state index is 12.6. The number of halogens is 1. The molecule has 0 aliphatic heterocycles. The maximum Gasteiger partial charge on any atom is 0.170 e. The maximum absolute atomic E-state index is 12.6. The van der Waals surface area contributed by atoms with Crippen molar-refractivity contribution in [2.75, 3.05) is 5.32 Å². The highest BCUT2D eigenvalue weighted by molar-refractivity contribution is 7.80. The van der Waals surface area contributed by atoms with Crippen LogP contribution in [0.2, 0.25) is 0 Å². The van der Waals surface area contributed by atoms with E-state index in [1.54, 1.807) is 12.1 Å². The molecule has 2 N–H and O–H groups in total. The van der Waals surface area contributed by atoms with Crippen molar-refractivity contribution in [3.63, 3.8) is 0 Å². The zero-order valence-corrected chi connectivity index (χ0v) is 8.99. The Kier molecular flexibility index (Phi) is 3.83. The summed E-state index contributed by atoms with van der Waals surface area (Å²) in [5.74, 6) is -0.252. The van der Waals surface area contributed by atoms with Crippen molar-refractivity contribution in [1.82, 2.24) is 5.32 Å². The van der Waals surface area contributed by atoms with E-state index < -0.39 is 0 Å². The first-order valence-electron chi connectivity index (χ1n) is 4.41. The van der Waals surface area contributed by atoms with Crippen LogP contribution < -0.4 is 10.6 Å². The molecule has 0 aromatic heterocycles. The summed E-state index contributed by atoms with van der Waals surface area (Å²) in [5, 5.41) is 6.53. The second-order valence-corrected chi connectivity index (χ2v) is 3.67. The molecule has 0 bridgehead atoms. The Labute approximate surface area is 88.5 Å². The van der Waals surface area contributed by atoms with E-state index in [0.717, 1.165) is 5.69 Å². The van der Waals surface area contributed by atoms with Crippen molar-refractivity contribution in [2.24, 2.45) is 0 Å². The number of hydrogen-bond donors (Lipinski definition) is 2. The summed E-state index contributed by atoms with van der Waals surface area (Å²) >= 11 is 5.03. The Morgan fingerprint density at radius 3 is 2.36 bits per heavy atom. The lowest BCUT2D eigenvalue weighted by Gasteiger charge is -2.12. The van der Waals surface area contributed by atoms with Crippen LogP contribution in [0, 0.1) is 5.82 Å². The standard InChI is InChI=1S/C10H13FN2S/c1-7(2)12-10(14)13-9-5-3-8(11)4-6-9/h3-7H,1-2H3,(H2,12,13,14). The van der Waals surface area contributed by atoms with E-state index in [9.17, 15) is 4.39 Å². The Balaban J connectivity index is 2.52. The van der Waals surface area contributed by atoms with Gasteiger partial charge in [0.05, 0.1) is 0 Å². The topological polar surface area (TPSA) is 24.1 Å². The van der Waals surface area contributed by atoms with Gasteiger partial charge in [0, 0.05) is 11.7 Å². The summed E-state index contributed by atoms with van der Waals surface area (Å²) in [7, 11) is 0. The van der Waals surface area contributed by atoms with Gasteiger partial charge in [0.2, 0.25) is 0 Å². The summed E-state index contributed by atoms with van der Waals surface area (Å²) in [6, 6.07) is 6.35. The minimum Gasteiger partial charge on any atom is -0.360 e. The summed E-state index contributed by atoms with van der Waals surface area (Å²) < 4.78 is 12.6. The van der Waals surface area contributed by atoms with Crippen LogP contribution in [-0.2, 0) is 0 Å². The fraction of sp³-hybridized carbons (Fsp3) is 0.300. The molecule has 0 heterocycles. The molecule has 4 heteroatoms. The third-order valence-electron chi connectivity index (χ3n) is 1.52. The fourth-order valence-corrected chi connectivity index (χ4v) is 1.32. The van der Waals surface area contributed by atoms with Gasteiger partial charge in [-0.15, -0.1) is 0 Å². The number of thiocarbonyl (C=S) groups is 1. The Morgan fingerprint density at radius 2 is 1.86 bits per heavy atom.